The molecule has 0 aliphatic heterocycles. The fourth-order valence-corrected chi connectivity index (χ4v) is 8.05. The van der Waals surface area contributed by atoms with Crippen LogP contribution in [-0.4, -0.2) is 49.6 Å². The van der Waals surface area contributed by atoms with Crippen LogP contribution in [0, 0.1) is 0 Å². The van der Waals surface area contributed by atoms with Gasteiger partial charge in [-0.25, -0.2) is 4.79 Å². The number of amides is 3. The summed E-state index contributed by atoms with van der Waals surface area (Å²) in [5, 5.41) is 8.86. The zero-order chi connectivity index (χ0) is 36.3. The highest BCUT2D eigenvalue weighted by molar-refractivity contribution is 8.00. The minimum Gasteiger partial charge on any atom is -0.462 e. The van der Waals surface area contributed by atoms with E-state index in [9.17, 15) is 19.2 Å². The number of nitrogens with one attached hydrogen (secondary N) is 3. The molecule has 0 saturated carbocycles. The van der Waals surface area contributed by atoms with E-state index in [1.807, 2.05) is 68.4 Å². The Labute approximate surface area is 307 Å². The molecular weight excluding hydrogens is 681 g/mol. The third-order valence-electron chi connectivity index (χ3n) is 8.42. The normalized spacial score (nSPS) is 13.3. The van der Waals surface area contributed by atoms with Crippen molar-refractivity contribution in [2.45, 2.75) is 62.5 Å². The number of aryl methyl sites for hydroxylation is 1. The van der Waals surface area contributed by atoms with Gasteiger partial charge in [0.15, 0.2) is 0 Å². The van der Waals surface area contributed by atoms with E-state index in [2.05, 4.69) is 16.0 Å². The summed E-state index contributed by atoms with van der Waals surface area (Å²) in [5.41, 5.74) is 4.27. The van der Waals surface area contributed by atoms with Gasteiger partial charge in [-0.15, -0.1) is 23.1 Å². The first-order valence-corrected chi connectivity index (χ1v) is 18.9. The van der Waals surface area contributed by atoms with E-state index in [0.717, 1.165) is 58.7 Å². The van der Waals surface area contributed by atoms with Gasteiger partial charge in [-0.2, -0.15) is 0 Å². The lowest BCUT2D eigenvalue weighted by Gasteiger charge is -2.16. The predicted octanol–water partition coefficient (Wildman–Crippen LogP) is 8.18. The van der Waals surface area contributed by atoms with Crippen molar-refractivity contribution in [1.82, 2.24) is 5.32 Å². The van der Waals surface area contributed by atoms with E-state index in [4.69, 9.17) is 4.74 Å². The number of thioether (sulfide) groups is 1. The number of esters is 1. The Morgan fingerprint density at radius 2 is 1.65 bits per heavy atom. The predicted molar refractivity (Wildman–Crippen MR) is 208 cm³/mol. The van der Waals surface area contributed by atoms with E-state index in [-0.39, 0.29) is 18.2 Å². The van der Waals surface area contributed by atoms with Crippen molar-refractivity contribution in [3.05, 3.63) is 112 Å². The van der Waals surface area contributed by atoms with Crippen LogP contribution in [0.1, 0.15) is 76.3 Å². The molecule has 0 spiro atoms. The summed E-state index contributed by atoms with van der Waals surface area (Å²) in [5.74, 6) is -1.49. The van der Waals surface area contributed by atoms with Gasteiger partial charge in [0.2, 0.25) is 5.91 Å². The van der Waals surface area contributed by atoms with Crippen molar-refractivity contribution in [2.75, 3.05) is 36.2 Å². The SMILES string of the molecule is CCOC(=O)c1c(NC(=O)C(CC)Sc2cccc(NC(=O)/C(=C\c3ccc(N(C)C)cc3)NC(=O)c3ccccc3)c2)sc2c1CCCCC2. The highest BCUT2D eigenvalue weighted by Crippen LogP contribution is 2.39. The molecule has 3 amide bonds. The van der Waals surface area contributed by atoms with Gasteiger partial charge in [0.1, 0.15) is 10.7 Å². The molecule has 1 heterocycles. The molecule has 1 aliphatic carbocycles. The summed E-state index contributed by atoms with van der Waals surface area (Å²) >= 11 is 2.86. The molecule has 1 aromatic heterocycles. The van der Waals surface area contributed by atoms with E-state index >= 15 is 0 Å². The van der Waals surface area contributed by atoms with Crippen molar-refractivity contribution >= 4 is 69.2 Å². The summed E-state index contributed by atoms with van der Waals surface area (Å²) in [7, 11) is 3.90. The molecule has 0 saturated heterocycles. The molecule has 0 bridgehead atoms. The van der Waals surface area contributed by atoms with Crippen LogP contribution < -0.4 is 20.9 Å². The summed E-state index contributed by atoms with van der Waals surface area (Å²) in [4.78, 5) is 57.4. The van der Waals surface area contributed by atoms with Crippen LogP contribution >= 0.6 is 23.1 Å². The van der Waals surface area contributed by atoms with Crippen LogP contribution in [0.15, 0.2) is 89.5 Å². The van der Waals surface area contributed by atoms with Crippen molar-refractivity contribution < 1.29 is 23.9 Å². The summed E-state index contributed by atoms with van der Waals surface area (Å²) < 4.78 is 5.40. The topological polar surface area (TPSA) is 117 Å². The number of fused-ring (bicyclic) bond motifs is 1. The van der Waals surface area contributed by atoms with Gasteiger partial charge in [-0.1, -0.05) is 49.7 Å². The smallest absolute Gasteiger partial charge is 0.341 e. The van der Waals surface area contributed by atoms with Crippen molar-refractivity contribution in [3.63, 3.8) is 0 Å². The summed E-state index contributed by atoms with van der Waals surface area (Å²) in [6.07, 6.45) is 7.05. The van der Waals surface area contributed by atoms with E-state index < -0.39 is 23.0 Å². The molecule has 0 fully saturated rings. The number of benzene rings is 3. The second-order valence-electron chi connectivity index (χ2n) is 12.3. The van der Waals surface area contributed by atoms with Gasteiger partial charge in [0, 0.05) is 40.8 Å². The molecule has 4 aromatic rings. The van der Waals surface area contributed by atoms with Gasteiger partial charge in [-0.05, 0) is 98.7 Å². The van der Waals surface area contributed by atoms with Crippen LogP contribution in [0.5, 0.6) is 0 Å². The Morgan fingerprint density at radius 1 is 0.902 bits per heavy atom. The number of rotatable bonds is 13. The first-order chi connectivity index (χ1) is 24.7. The minimum atomic E-state index is -0.494. The molecule has 266 valence electrons. The second kappa shape index (κ2) is 17.9. The Morgan fingerprint density at radius 3 is 2.35 bits per heavy atom. The number of hydrogen-bond acceptors (Lipinski definition) is 8. The third-order valence-corrected chi connectivity index (χ3v) is 11.0. The number of carbonyl (C=O) groups is 4. The Balaban J connectivity index is 1.32. The lowest BCUT2D eigenvalue weighted by atomic mass is 10.1. The number of thiophene rings is 1. The zero-order valence-electron chi connectivity index (χ0n) is 29.4. The van der Waals surface area contributed by atoms with Gasteiger partial charge >= 0.3 is 5.97 Å². The fraction of sp³-hybridized carbons (Fsp3) is 0.300. The van der Waals surface area contributed by atoms with Crippen LogP contribution in [-0.2, 0) is 27.2 Å². The monoisotopic (exact) mass is 724 g/mol. The number of anilines is 3. The first kappa shape index (κ1) is 37.4. The molecule has 1 aliphatic rings. The average Bonchev–Trinajstić information content (AvgIpc) is 3.30. The Hall–Kier alpha value is -4.87. The van der Waals surface area contributed by atoms with Crippen LogP contribution in [0.4, 0.5) is 16.4 Å². The third kappa shape index (κ3) is 9.89. The number of ether oxygens (including phenoxy) is 1. The highest BCUT2D eigenvalue weighted by atomic mass is 32.2. The van der Waals surface area contributed by atoms with Gasteiger partial charge in [0.25, 0.3) is 11.8 Å². The van der Waals surface area contributed by atoms with Gasteiger partial charge in [0.05, 0.1) is 17.4 Å². The molecule has 51 heavy (non-hydrogen) atoms. The molecule has 11 heteroatoms. The maximum absolute atomic E-state index is 13.7. The molecule has 1 atom stereocenters. The van der Waals surface area contributed by atoms with Gasteiger partial charge < -0.3 is 25.6 Å². The van der Waals surface area contributed by atoms with E-state index in [0.29, 0.717) is 28.2 Å². The molecule has 5 rings (SSSR count). The second-order valence-corrected chi connectivity index (χ2v) is 14.7. The Kier molecular flexibility index (Phi) is 13.1. The quantitative estimate of drug-likeness (QED) is 0.0551. The molecule has 1 unspecified atom stereocenters. The van der Waals surface area contributed by atoms with Crippen molar-refractivity contribution in [1.29, 1.82) is 0 Å². The maximum Gasteiger partial charge on any atom is 0.341 e. The number of nitrogens with zero attached hydrogens (tertiary/aromatic N) is 1. The fourth-order valence-electron chi connectivity index (χ4n) is 5.75. The van der Waals surface area contributed by atoms with Crippen LogP contribution in [0.3, 0.4) is 0 Å². The van der Waals surface area contributed by atoms with Gasteiger partial charge in [-0.3, -0.25) is 14.4 Å². The van der Waals surface area contributed by atoms with Crippen molar-refractivity contribution in [3.8, 4) is 0 Å². The largest absolute Gasteiger partial charge is 0.462 e. The maximum atomic E-state index is 13.7. The molecule has 3 N–H and O–H groups in total. The minimum absolute atomic E-state index is 0.0806. The Bertz CT molecular complexity index is 1890. The average molecular weight is 725 g/mol. The van der Waals surface area contributed by atoms with E-state index in [1.165, 1.54) is 23.1 Å². The zero-order valence-corrected chi connectivity index (χ0v) is 31.0. The van der Waals surface area contributed by atoms with E-state index in [1.54, 1.807) is 49.4 Å². The molecule has 9 nitrogen and oxygen atoms in total. The summed E-state index contributed by atoms with van der Waals surface area (Å²) in [6, 6.07) is 23.6. The molecular formula is C40H44N4O5S2. The highest BCUT2D eigenvalue weighted by Gasteiger charge is 2.28. The number of carbonyl (C=O) groups excluding carboxylic acids is 4. The standard InChI is InChI=1S/C40H44N4O5S2/c1-5-33(38(47)43-39-35(40(48)49-6-2)31-18-11-8-12-19-34(31)51-39)50-30-17-13-16-28(25-30)41-37(46)32(42-36(45)27-14-9-7-10-15-27)24-26-20-22-29(23-21-26)44(3)4/h7,9-10,13-17,20-25,33H,5-6,8,11-12,18-19H2,1-4H3,(H,41,46)(H,42,45)(H,43,47)/b32-24+. The summed E-state index contributed by atoms with van der Waals surface area (Å²) in [6.45, 7) is 3.98. The van der Waals surface area contributed by atoms with Crippen LogP contribution in [0.2, 0.25) is 0 Å². The first-order valence-electron chi connectivity index (χ1n) is 17.2. The molecule has 3 aromatic carbocycles. The lowest BCUT2D eigenvalue weighted by Crippen LogP contribution is -2.30. The number of hydrogen-bond donors (Lipinski definition) is 3. The lowest BCUT2D eigenvalue weighted by molar-refractivity contribution is -0.116. The van der Waals surface area contributed by atoms with Crippen molar-refractivity contribution in [2.24, 2.45) is 0 Å². The van der Waals surface area contributed by atoms with Crippen LogP contribution in [0.25, 0.3) is 6.08 Å². The molecule has 0 radical (unpaired) electrons.